The van der Waals surface area contributed by atoms with Crippen LogP contribution in [0.4, 0.5) is 10.1 Å². The van der Waals surface area contributed by atoms with Crippen LogP contribution in [-0.2, 0) is 9.84 Å². The van der Waals surface area contributed by atoms with Crippen molar-refractivity contribution in [1.82, 2.24) is 4.90 Å². The molecule has 0 aromatic heterocycles. The van der Waals surface area contributed by atoms with E-state index >= 15 is 0 Å². The quantitative estimate of drug-likeness (QED) is 0.586. The number of benzene rings is 2. The monoisotopic (exact) mass is 368 g/mol. The zero-order valence-electron chi connectivity index (χ0n) is 13.6. The van der Waals surface area contributed by atoms with Gasteiger partial charge in [0.25, 0.3) is 0 Å². The fourth-order valence-electron chi connectivity index (χ4n) is 2.06. The minimum Gasteiger partial charge on any atom is -0.366 e. The molecule has 2 aromatic carbocycles. The molecule has 0 heterocycles. The molecule has 0 spiro atoms. The highest BCUT2D eigenvalue weighted by atomic mass is 35.5. The molecule has 0 fully saturated rings. The molecule has 0 unspecified atom stereocenters. The molecule has 0 saturated carbocycles. The maximum atomic E-state index is 13.9. The molecular formula is C17H18ClFN2O2S. The fraction of sp³-hybridized carbons (Fsp3) is 0.235. The summed E-state index contributed by atoms with van der Waals surface area (Å²) in [6, 6.07) is 8.17. The molecular weight excluding hydrogens is 351 g/mol. The summed E-state index contributed by atoms with van der Waals surface area (Å²) in [6.45, 7) is 4.38. The van der Waals surface area contributed by atoms with Gasteiger partial charge in [0.1, 0.15) is 10.7 Å². The van der Waals surface area contributed by atoms with Gasteiger partial charge in [0.15, 0.2) is 0 Å². The van der Waals surface area contributed by atoms with E-state index in [9.17, 15) is 12.8 Å². The Balaban J connectivity index is 2.52. The lowest BCUT2D eigenvalue weighted by Crippen LogP contribution is -2.14. The number of aryl methyl sites for hydroxylation is 1. The van der Waals surface area contributed by atoms with Crippen LogP contribution in [0, 0.1) is 12.7 Å². The second-order valence-electron chi connectivity index (χ2n) is 5.32. The summed E-state index contributed by atoms with van der Waals surface area (Å²) in [7, 11) is -2.13. The Morgan fingerprint density at radius 2 is 1.92 bits per heavy atom. The molecule has 2 aromatic rings. The molecule has 2 rings (SSSR count). The summed E-state index contributed by atoms with van der Waals surface area (Å²) in [6.07, 6.45) is 1.62. The van der Waals surface area contributed by atoms with Gasteiger partial charge in [-0.25, -0.2) is 17.8 Å². The Hall–Kier alpha value is -1.92. The van der Waals surface area contributed by atoms with E-state index in [1.165, 1.54) is 24.3 Å². The third kappa shape index (κ3) is 3.76. The summed E-state index contributed by atoms with van der Waals surface area (Å²) >= 11 is 6.17. The zero-order valence-corrected chi connectivity index (χ0v) is 15.2. The van der Waals surface area contributed by atoms with E-state index in [1.54, 1.807) is 19.3 Å². The van der Waals surface area contributed by atoms with Gasteiger partial charge in [0.2, 0.25) is 9.84 Å². The van der Waals surface area contributed by atoms with Crippen LogP contribution in [0.25, 0.3) is 0 Å². The summed E-state index contributed by atoms with van der Waals surface area (Å²) in [5.41, 5.74) is 0.913. The topological polar surface area (TPSA) is 49.7 Å². The molecule has 0 saturated heterocycles. The highest BCUT2D eigenvalue weighted by Gasteiger charge is 2.24. The van der Waals surface area contributed by atoms with E-state index in [0.717, 1.165) is 12.6 Å². The first-order valence-corrected chi connectivity index (χ1v) is 9.17. The standard InChI is InChI=1S/C17H18ClFN2O2S/c1-4-21(3)11-20-15-9-12(2)17(10-13(15)18)24(22,23)16-8-6-5-7-14(16)19/h5-11H,4H2,1-3H3. The average molecular weight is 369 g/mol. The van der Waals surface area contributed by atoms with Crippen LogP contribution in [0.5, 0.6) is 0 Å². The number of rotatable bonds is 5. The Labute approximate surface area is 146 Å². The van der Waals surface area contributed by atoms with Crippen molar-refractivity contribution in [3.8, 4) is 0 Å². The number of sulfone groups is 1. The van der Waals surface area contributed by atoms with Crippen molar-refractivity contribution >= 4 is 33.5 Å². The van der Waals surface area contributed by atoms with Crippen LogP contribution in [0.15, 0.2) is 51.2 Å². The Bertz CT molecular complexity index is 882. The van der Waals surface area contributed by atoms with Crippen LogP contribution < -0.4 is 0 Å². The number of hydrogen-bond donors (Lipinski definition) is 0. The molecule has 0 aliphatic rings. The smallest absolute Gasteiger partial charge is 0.209 e. The lowest BCUT2D eigenvalue weighted by atomic mass is 10.2. The van der Waals surface area contributed by atoms with E-state index in [0.29, 0.717) is 11.3 Å². The molecule has 128 valence electrons. The minimum absolute atomic E-state index is 0.0274. The van der Waals surface area contributed by atoms with Crippen LogP contribution >= 0.6 is 11.6 Å². The SMILES string of the molecule is CCN(C)C=Nc1cc(C)c(S(=O)(=O)c2ccccc2F)cc1Cl. The van der Waals surface area contributed by atoms with E-state index in [1.807, 2.05) is 18.9 Å². The molecule has 0 radical (unpaired) electrons. The molecule has 7 heteroatoms. The second kappa shape index (κ2) is 7.32. The number of aliphatic imine (C=N–C) groups is 1. The normalized spacial score (nSPS) is 11.9. The van der Waals surface area contributed by atoms with Gasteiger partial charge in [-0.05, 0) is 43.7 Å². The highest BCUT2D eigenvalue weighted by molar-refractivity contribution is 7.91. The molecule has 24 heavy (non-hydrogen) atoms. The Morgan fingerprint density at radius 1 is 1.25 bits per heavy atom. The first-order chi connectivity index (χ1) is 11.3. The highest BCUT2D eigenvalue weighted by Crippen LogP contribution is 2.33. The Morgan fingerprint density at radius 3 is 2.54 bits per heavy atom. The molecule has 0 aliphatic heterocycles. The number of hydrogen-bond acceptors (Lipinski definition) is 3. The molecule has 0 N–H and O–H groups in total. The van der Waals surface area contributed by atoms with Gasteiger partial charge in [0.05, 0.1) is 21.9 Å². The van der Waals surface area contributed by atoms with Gasteiger partial charge >= 0.3 is 0 Å². The van der Waals surface area contributed by atoms with Gasteiger partial charge in [-0.2, -0.15) is 0 Å². The largest absolute Gasteiger partial charge is 0.366 e. The predicted octanol–water partition coefficient (Wildman–Crippen LogP) is 4.23. The van der Waals surface area contributed by atoms with Crippen molar-refractivity contribution < 1.29 is 12.8 Å². The summed E-state index contributed by atoms with van der Waals surface area (Å²) < 4.78 is 39.3. The molecule has 0 amide bonds. The van der Waals surface area contributed by atoms with Gasteiger partial charge in [-0.1, -0.05) is 23.7 Å². The second-order valence-corrected chi connectivity index (χ2v) is 7.61. The van der Waals surface area contributed by atoms with Gasteiger partial charge < -0.3 is 4.90 Å². The van der Waals surface area contributed by atoms with Crippen molar-refractivity contribution in [2.45, 2.75) is 23.6 Å². The van der Waals surface area contributed by atoms with Crippen molar-refractivity contribution in [3.05, 3.63) is 52.8 Å². The van der Waals surface area contributed by atoms with Crippen LogP contribution in [0.1, 0.15) is 12.5 Å². The molecule has 0 atom stereocenters. The first-order valence-electron chi connectivity index (χ1n) is 7.31. The van der Waals surface area contributed by atoms with Crippen molar-refractivity contribution in [2.75, 3.05) is 13.6 Å². The molecule has 0 aliphatic carbocycles. The van der Waals surface area contributed by atoms with E-state index in [4.69, 9.17) is 11.6 Å². The minimum atomic E-state index is -4.00. The maximum Gasteiger partial charge on any atom is 0.209 e. The van der Waals surface area contributed by atoms with Crippen molar-refractivity contribution in [3.63, 3.8) is 0 Å². The molecule has 0 bridgehead atoms. The maximum absolute atomic E-state index is 13.9. The van der Waals surface area contributed by atoms with Gasteiger partial charge in [0, 0.05) is 13.6 Å². The van der Waals surface area contributed by atoms with E-state index < -0.39 is 15.7 Å². The summed E-state index contributed by atoms with van der Waals surface area (Å²) in [4.78, 5) is 5.71. The van der Waals surface area contributed by atoms with E-state index in [2.05, 4.69) is 4.99 Å². The lowest BCUT2D eigenvalue weighted by molar-refractivity contribution is 0.552. The predicted molar refractivity (Wildman–Crippen MR) is 94.5 cm³/mol. The van der Waals surface area contributed by atoms with Gasteiger partial charge in [-0.3, -0.25) is 0 Å². The Kier molecular flexibility index (Phi) is 5.62. The average Bonchev–Trinajstić information content (AvgIpc) is 2.54. The molecule has 4 nitrogen and oxygen atoms in total. The summed E-state index contributed by atoms with van der Waals surface area (Å²) in [5, 5.41) is 0.191. The van der Waals surface area contributed by atoms with Crippen LogP contribution in [-0.4, -0.2) is 33.2 Å². The first kappa shape index (κ1) is 18.4. The van der Waals surface area contributed by atoms with Crippen LogP contribution in [0.2, 0.25) is 5.02 Å². The lowest BCUT2D eigenvalue weighted by Gasteiger charge is -2.12. The van der Waals surface area contributed by atoms with Crippen molar-refractivity contribution in [2.24, 2.45) is 4.99 Å². The van der Waals surface area contributed by atoms with Gasteiger partial charge in [-0.15, -0.1) is 0 Å². The van der Waals surface area contributed by atoms with Crippen LogP contribution in [0.3, 0.4) is 0 Å². The van der Waals surface area contributed by atoms with E-state index in [-0.39, 0.29) is 14.8 Å². The number of nitrogens with zero attached hydrogens (tertiary/aromatic N) is 2. The number of halogens is 2. The van der Waals surface area contributed by atoms with Crippen molar-refractivity contribution in [1.29, 1.82) is 0 Å². The summed E-state index contributed by atoms with van der Waals surface area (Å²) in [5.74, 6) is -0.792. The fourth-order valence-corrected chi connectivity index (χ4v) is 3.91. The zero-order chi connectivity index (χ0) is 17.9. The third-order valence-corrected chi connectivity index (χ3v) is 5.78. The third-order valence-electron chi connectivity index (χ3n) is 3.55.